The van der Waals surface area contributed by atoms with Crippen molar-refractivity contribution in [2.45, 2.75) is 18.2 Å². The highest BCUT2D eigenvalue weighted by atomic mass is 32.1. The molecule has 1 aromatic rings. The second kappa shape index (κ2) is 7.28. The normalized spacial score (nSPS) is 10.2. The van der Waals surface area contributed by atoms with Gasteiger partial charge < -0.3 is 9.80 Å². The topological polar surface area (TPSA) is 40.6 Å². The highest BCUT2D eigenvalue weighted by Crippen LogP contribution is 2.16. The van der Waals surface area contributed by atoms with Crippen molar-refractivity contribution in [3.63, 3.8) is 0 Å². The summed E-state index contributed by atoms with van der Waals surface area (Å²) in [4.78, 5) is 27.1. The minimum absolute atomic E-state index is 0.0129. The van der Waals surface area contributed by atoms with Crippen LogP contribution in [0, 0.1) is 5.82 Å². The van der Waals surface area contributed by atoms with Crippen molar-refractivity contribution in [1.82, 2.24) is 9.80 Å². The fraction of sp³-hybridized carbons (Fsp3) is 0.429. The summed E-state index contributed by atoms with van der Waals surface area (Å²) in [6, 6.07) is 3.98. The van der Waals surface area contributed by atoms with E-state index in [0.717, 1.165) is 6.42 Å². The van der Waals surface area contributed by atoms with Crippen molar-refractivity contribution in [3.8, 4) is 0 Å². The van der Waals surface area contributed by atoms with Crippen LogP contribution in [0.4, 0.5) is 4.39 Å². The van der Waals surface area contributed by atoms with Gasteiger partial charge in [-0.15, -0.1) is 12.6 Å². The average molecular weight is 298 g/mol. The zero-order valence-electron chi connectivity index (χ0n) is 11.9. The largest absolute Gasteiger partial charge is 0.347 e. The summed E-state index contributed by atoms with van der Waals surface area (Å²) in [5, 5.41) is 0. The molecule has 0 saturated carbocycles. The summed E-state index contributed by atoms with van der Waals surface area (Å²) in [6.45, 7) is 2.41. The van der Waals surface area contributed by atoms with Gasteiger partial charge in [0.2, 0.25) is 5.91 Å². The Morgan fingerprint density at radius 1 is 1.30 bits per heavy atom. The van der Waals surface area contributed by atoms with Crippen molar-refractivity contribution in [2.75, 3.05) is 27.2 Å². The predicted octanol–water partition coefficient (Wildman–Crippen LogP) is 2.05. The Labute approximate surface area is 124 Å². The molecule has 1 rings (SSSR count). The maximum absolute atomic E-state index is 13.2. The number of thiol groups is 1. The standard InChI is InChI=1S/C14H19FN2O2S/c1-4-7-17(9-13(18)16(2)3)14(19)10-5-6-11(15)12(20)8-10/h5-6,8,20H,4,7,9H2,1-3H3. The first-order valence-corrected chi connectivity index (χ1v) is 6.79. The second-order valence-corrected chi connectivity index (χ2v) is 5.16. The molecule has 0 radical (unpaired) electrons. The number of carbonyl (C=O) groups is 2. The monoisotopic (exact) mass is 298 g/mol. The van der Waals surface area contributed by atoms with E-state index in [0.29, 0.717) is 12.1 Å². The first-order chi connectivity index (χ1) is 9.36. The fourth-order valence-corrected chi connectivity index (χ4v) is 1.87. The number of amides is 2. The molecule has 1 aromatic carbocycles. The first kappa shape index (κ1) is 16.5. The molecule has 2 amide bonds. The first-order valence-electron chi connectivity index (χ1n) is 6.34. The van der Waals surface area contributed by atoms with Gasteiger partial charge in [-0.2, -0.15) is 0 Å². The molecule has 0 aliphatic rings. The fourth-order valence-electron chi connectivity index (χ4n) is 1.66. The Morgan fingerprint density at radius 3 is 2.45 bits per heavy atom. The van der Waals surface area contributed by atoms with Crippen LogP contribution in [0.5, 0.6) is 0 Å². The highest BCUT2D eigenvalue weighted by Gasteiger charge is 2.19. The van der Waals surface area contributed by atoms with Crippen LogP contribution in [0.1, 0.15) is 23.7 Å². The van der Waals surface area contributed by atoms with Gasteiger partial charge in [0.05, 0.1) is 0 Å². The minimum Gasteiger partial charge on any atom is -0.347 e. The third-order valence-corrected chi connectivity index (χ3v) is 3.14. The quantitative estimate of drug-likeness (QED) is 0.845. The van der Waals surface area contributed by atoms with E-state index in [1.54, 1.807) is 14.1 Å². The van der Waals surface area contributed by atoms with Crippen molar-refractivity contribution in [2.24, 2.45) is 0 Å². The van der Waals surface area contributed by atoms with Crippen LogP contribution in [-0.2, 0) is 4.79 Å². The zero-order chi connectivity index (χ0) is 15.3. The number of carbonyl (C=O) groups excluding carboxylic acids is 2. The Hall–Kier alpha value is -1.56. The van der Waals surface area contributed by atoms with E-state index in [2.05, 4.69) is 12.6 Å². The number of hydrogen-bond acceptors (Lipinski definition) is 3. The van der Waals surface area contributed by atoms with Gasteiger partial charge in [-0.1, -0.05) is 6.92 Å². The van der Waals surface area contributed by atoms with Crippen LogP contribution < -0.4 is 0 Å². The maximum atomic E-state index is 13.2. The third kappa shape index (κ3) is 4.23. The average Bonchev–Trinajstić information content (AvgIpc) is 2.40. The van der Waals surface area contributed by atoms with E-state index in [1.165, 1.54) is 28.0 Å². The van der Waals surface area contributed by atoms with E-state index < -0.39 is 5.82 Å². The lowest BCUT2D eigenvalue weighted by Gasteiger charge is -2.23. The lowest BCUT2D eigenvalue weighted by atomic mass is 10.2. The van der Waals surface area contributed by atoms with Gasteiger partial charge in [0.1, 0.15) is 12.4 Å². The van der Waals surface area contributed by atoms with Gasteiger partial charge in [-0.25, -0.2) is 4.39 Å². The van der Waals surface area contributed by atoms with Crippen molar-refractivity contribution in [1.29, 1.82) is 0 Å². The lowest BCUT2D eigenvalue weighted by molar-refractivity contribution is -0.129. The molecule has 0 aromatic heterocycles. The SMILES string of the molecule is CCCN(CC(=O)N(C)C)C(=O)c1ccc(F)c(S)c1. The van der Waals surface area contributed by atoms with E-state index >= 15 is 0 Å². The molecule has 0 aliphatic heterocycles. The molecule has 6 heteroatoms. The molecule has 0 spiro atoms. The molecule has 0 fully saturated rings. The number of rotatable bonds is 5. The van der Waals surface area contributed by atoms with Gasteiger partial charge >= 0.3 is 0 Å². The van der Waals surface area contributed by atoms with Crippen LogP contribution in [0.2, 0.25) is 0 Å². The van der Waals surface area contributed by atoms with Gasteiger partial charge in [0.25, 0.3) is 5.91 Å². The zero-order valence-corrected chi connectivity index (χ0v) is 12.8. The molecule has 20 heavy (non-hydrogen) atoms. The van der Waals surface area contributed by atoms with E-state index in [1.807, 2.05) is 6.92 Å². The van der Waals surface area contributed by atoms with Crippen LogP contribution in [0.25, 0.3) is 0 Å². The molecule has 0 heterocycles. The lowest BCUT2D eigenvalue weighted by Crippen LogP contribution is -2.40. The van der Waals surface area contributed by atoms with Gasteiger partial charge in [-0.3, -0.25) is 9.59 Å². The van der Waals surface area contributed by atoms with Crippen LogP contribution in [-0.4, -0.2) is 48.8 Å². The van der Waals surface area contributed by atoms with Gasteiger partial charge in [0, 0.05) is 31.1 Å². The van der Waals surface area contributed by atoms with E-state index in [-0.39, 0.29) is 23.3 Å². The summed E-state index contributed by atoms with van der Waals surface area (Å²) >= 11 is 3.96. The Balaban J connectivity index is 2.92. The van der Waals surface area contributed by atoms with Crippen LogP contribution in [0.3, 0.4) is 0 Å². The summed E-state index contributed by atoms with van der Waals surface area (Å²) in [7, 11) is 3.28. The number of likely N-dealkylation sites (N-methyl/N-ethyl adjacent to an activating group) is 1. The molecule has 110 valence electrons. The number of benzene rings is 1. The van der Waals surface area contributed by atoms with Crippen molar-refractivity contribution >= 4 is 24.4 Å². The summed E-state index contributed by atoms with van der Waals surface area (Å²) in [5.41, 5.74) is 0.330. The Bertz CT molecular complexity index is 506. The summed E-state index contributed by atoms with van der Waals surface area (Å²) in [5.74, 6) is -0.923. The highest BCUT2D eigenvalue weighted by molar-refractivity contribution is 7.80. The predicted molar refractivity (Wildman–Crippen MR) is 78.5 cm³/mol. The third-order valence-electron chi connectivity index (χ3n) is 2.80. The Morgan fingerprint density at radius 2 is 1.95 bits per heavy atom. The molecule has 0 N–H and O–H groups in total. The molecule has 4 nitrogen and oxygen atoms in total. The van der Waals surface area contributed by atoms with Crippen LogP contribution in [0.15, 0.2) is 23.1 Å². The smallest absolute Gasteiger partial charge is 0.254 e. The summed E-state index contributed by atoms with van der Waals surface area (Å²) < 4.78 is 13.2. The number of hydrogen-bond donors (Lipinski definition) is 1. The molecular weight excluding hydrogens is 279 g/mol. The molecule has 0 saturated heterocycles. The second-order valence-electron chi connectivity index (χ2n) is 4.68. The molecular formula is C14H19FN2O2S. The summed E-state index contributed by atoms with van der Waals surface area (Å²) in [6.07, 6.45) is 0.737. The molecule has 0 unspecified atom stereocenters. The minimum atomic E-state index is -0.476. The maximum Gasteiger partial charge on any atom is 0.254 e. The van der Waals surface area contributed by atoms with E-state index in [9.17, 15) is 14.0 Å². The molecule has 0 aliphatic carbocycles. The van der Waals surface area contributed by atoms with Crippen molar-refractivity contribution in [3.05, 3.63) is 29.6 Å². The van der Waals surface area contributed by atoms with Gasteiger partial charge in [0.15, 0.2) is 0 Å². The number of halogens is 1. The van der Waals surface area contributed by atoms with Gasteiger partial charge in [-0.05, 0) is 24.6 Å². The Kier molecular flexibility index (Phi) is 6.01. The number of nitrogens with zero attached hydrogens (tertiary/aromatic N) is 2. The molecule has 0 atom stereocenters. The van der Waals surface area contributed by atoms with Crippen LogP contribution >= 0.6 is 12.6 Å². The van der Waals surface area contributed by atoms with E-state index in [4.69, 9.17) is 0 Å². The van der Waals surface area contributed by atoms with Crippen molar-refractivity contribution < 1.29 is 14.0 Å². The molecule has 0 bridgehead atoms.